The van der Waals surface area contributed by atoms with Crippen molar-refractivity contribution in [3.8, 4) is 0 Å². The summed E-state index contributed by atoms with van der Waals surface area (Å²) in [5.41, 5.74) is 1.83. The van der Waals surface area contributed by atoms with E-state index in [0.717, 1.165) is 18.0 Å². The van der Waals surface area contributed by atoms with Crippen LogP contribution in [0.5, 0.6) is 0 Å². The molecule has 5 nitrogen and oxygen atoms in total. The monoisotopic (exact) mass is 213 g/mol. The number of aromatic nitrogens is 5. The molecule has 0 aromatic carbocycles. The summed E-state index contributed by atoms with van der Waals surface area (Å²) in [6.45, 7) is 0. The molecule has 2 heterocycles. The number of hydrogen-bond donors (Lipinski definition) is 1. The van der Waals surface area contributed by atoms with Crippen LogP contribution in [-0.4, -0.2) is 31.4 Å². The highest BCUT2D eigenvalue weighted by Gasteiger charge is 1.99. The van der Waals surface area contributed by atoms with Crippen LogP contribution in [0, 0.1) is 0 Å². The maximum Gasteiger partial charge on any atom is 0.175 e. The van der Waals surface area contributed by atoms with Crippen LogP contribution in [0.15, 0.2) is 15.9 Å². The third-order valence-electron chi connectivity index (χ3n) is 1.37. The zero-order chi connectivity index (χ0) is 8.93. The van der Waals surface area contributed by atoms with E-state index < -0.39 is 0 Å². The van der Waals surface area contributed by atoms with Crippen LogP contribution < -0.4 is 0 Å². The summed E-state index contributed by atoms with van der Waals surface area (Å²) in [5, 5.41) is 13.6. The van der Waals surface area contributed by atoms with Gasteiger partial charge in [-0.15, -0.1) is 33.3 Å². The maximum absolute atomic E-state index is 3.99. The van der Waals surface area contributed by atoms with Gasteiger partial charge >= 0.3 is 0 Å². The summed E-state index contributed by atoms with van der Waals surface area (Å²) >= 11 is 3.41. The van der Waals surface area contributed by atoms with Crippen molar-refractivity contribution in [2.75, 3.05) is 5.75 Å². The van der Waals surface area contributed by atoms with E-state index in [2.05, 4.69) is 25.6 Å². The molecule has 7 heteroatoms. The molecule has 0 saturated heterocycles. The molecule has 1 N–H and O–H groups in total. The molecular weight excluding hydrogens is 206 g/mol. The van der Waals surface area contributed by atoms with Crippen molar-refractivity contribution in [3.05, 3.63) is 17.5 Å². The van der Waals surface area contributed by atoms with E-state index in [9.17, 15) is 0 Å². The molecule has 0 fully saturated rings. The molecule has 0 aliphatic carbocycles. The van der Waals surface area contributed by atoms with Crippen LogP contribution in [0.2, 0.25) is 0 Å². The molecule has 68 valence electrons. The largest absolute Gasteiger partial charge is 0.252 e. The lowest BCUT2D eigenvalue weighted by Gasteiger charge is -1.92. The summed E-state index contributed by atoms with van der Waals surface area (Å²) in [5.74, 6) is 1.72. The summed E-state index contributed by atoms with van der Waals surface area (Å²) < 4.78 is 1.23. The van der Waals surface area contributed by atoms with Gasteiger partial charge in [0.05, 0.1) is 15.9 Å². The fraction of sp³-hybridized carbons (Fsp3) is 0.333. The van der Waals surface area contributed by atoms with Gasteiger partial charge in [-0.25, -0.2) is 0 Å². The third-order valence-corrected chi connectivity index (χ3v) is 3.37. The van der Waals surface area contributed by atoms with Gasteiger partial charge in [-0.2, -0.15) is 5.21 Å². The Morgan fingerprint density at radius 2 is 2.54 bits per heavy atom. The first-order valence-corrected chi connectivity index (χ1v) is 5.55. The van der Waals surface area contributed by atoms with E-state index in [-0.39, 0.29) is 0 Å². The zero-order valence-corrected chi connectivity index (χ0v) is 8.31. The van der Waals surface area contributed by atoms with Crippen molar-refractivity contribution < 1.29 is 0 Å². The molecule has 0 aliphatic heterocycles. The summed E-state index contributed by atoms with van der Waals surface area (Å²) in [6.07, 6.45) is 2.70. The van der Waals surface area contributed by atoms with Crippen LogP contribution in [0.3, 0.4) is 0 Å². The Hall–Kier alpha value is -0.950. The van der Waals surface area contributed by atoms with Gasteiger partial charge in [-0.1, -0.05) is 5.21 Å². The number of thiazole rings is 1. The average Bonchev–Trinajstić information content (AvgIpc) is 2.75. The maximum atomic E-state index is 3.99. The molecule has 13 heavy (non-hydrogen) atoms. The Labute approximate surface area is 83.0 Å². The van der Waals surface area contributed by atoms with E-state index >= 15 is 0 Å². The first-order chi connectivity index (χ1) is 6.45. The Morgan fingerprint density at radius 3 is 3.23 bits per heavy atom. The van der Waals surface area contributed by atoms with Crippen LogP contribution in [0.1, 0.15) is 5.82 Å². The van der Waals surface area contributed by atoms with Gasteiger partial charge in [0.1, 0.15) is 0 Å². The smallest absolute Gasteiger partial charge is 0.175 e. The number of rotatable bonds is 4. The van der Waals surface area contributed by atoms with Crippen LogP contribution in [0.4, 0.5) is 0 Å². The van der Waals surface area contributed by atoms with Crippen molar-refractivity contribution >= 4 is 23.1 Å². The van der Waals surface area contributed by atoms with Gasteiger partial charge in [0.25, 0.3) is 0 Å². The Balaban J connectivity index is 1.76. The van der Waals surface area contributed by atoms with E-state index in [1.807, 2.05) is 11.7 Å². The highest BCUT2D eigenvalue weighted by Crippen LogP contribution is 2.21. The van der Waals surface area contributed by atoms with Gasteiger partial charge in [-0.05, 0) is 0 Å². The van der Waals surface area contributed by atoms with Crippen LogP contribution in [-0.2, 0) is 6.42 Å². The summed E-state index contributed by atoms with van der Waals surface area (Å²) in [4.78, 5) is 3.99. The number of thioether (sulfide) groups is 1. The number of hydrogen-bond acceptors (Lipinski definition) is 6. The minimum Gasteiger partial charge on any atom is -0.252 e. The number of aromatic amines is 1. The molecule has 2 rings (SSSR count). The van der Waals surface area contributed by atoms with E-state index in [4.69, 9.17) is 0 Å². The molecule has 0 bridgehead atoms. The second kappa shape index (κ2) is 4.33. The molecule has 2 aromatic heterocycles. The quantitative estimate of drug-likeness (QED) is 0.767. The number of nitrogens with zero attached hydrogens (tertiary/aromatic N) is 4. The molecule has 0 unspecified atom stereocenters. The van der Waals surface area contributed by atoms with E-state index in [0.29, 0.717) is 0 Å². The van der Waals surface area contributed by atoms with Gasteiger partial charge in [-0.3, -0.25) is 4.98 Å². The fourth-order valence-corrected chi connectivity index (χ4v) is 2.43. The second-order valence-electron chi connectivity index (χ2n) is 2.25. The molecule has 0 aliphatic rings. The second-order valence-corrected chi connectivity index (χ2v) is 4.53. The van der Waals surface area contributed by atoms with Crippen LogP contribution in [0.25, 0.3) is 0 Å². The lowest BCUT2D eigenvalue weighted by molar-refractivity contribution is 0.881. The van der Waals surface area contributed by atoms with Crippen LogP contribution >= 0.6 is 23.1 Å². The standard InChI is InChI=1S/C6H7N5S2/c1(5-8-10-11-9-5)2-12-6-3-7-4-13-6/h3-4H,1-2H2,(H,8,9,10,11). The van der Waals surface area contributed by atoms with Gasteiger partial charge in [0.15, 0.2) is 5.82 Å². The van der Waals surface area contributed by atoms with Crippen molar-refractivity contribution in [3.63, 3.8) is 0 Å². The number of H-pyrrole nitrogens is 1. The predicted octanol–water partition coefficient (Wildman–Crippen LogP) is 0.991. The molecular formula is C6H7N5S2. The number of tetrazole rings is 1. The number of aryl methyl sites for hydroxylation is 1. The highest BCUT2D eigenvalue weighted by atomic mass is 32.2. The van der Waals surface area contributed by atoms with E-state index in [1.54, 1.807) is 23.1 Å². The Bertz CT molecular complexity index is 296. The minimum absolute atomic E-state index is 0.761. The van der Waals surface area contributed by atoms with Crippen molar-refractivity contribution in [1.29, 1.82) is 0 Å². The minimum atomic E-state index is 0.761. The first kappa shape index (κ1) is 8.64. The van der Waals surface area contributed by atoms with Gasteiger partial charge in [0, 0.05) is 12.2 Å². The van der Waals surface area contributed by atoms with Crippen molar-refractivity contribution in [2.45, 2.75) is 10.6 Å². The predicted molar refractivity (Wildman–Crippen MR) is 50.7 cm³/mol. The third kappa shape index (κ3) is 2.49. The number of nitrogens with one attached hydrogen (secondary N) is 1. The van der Waals surface area contributed by atoms with Gasteiger partial charge in [0.2, 0.25) is 0 Å². The molecule has 0 radical (unpaired) electrons. The first-order valence-electron chi connectivity index (χ1n) is 3.69. The van der Waals surface area contributed by atoms with Crippen molar-refractivity contribution in [1.82, 2.24) is 25.6 Å². The SMILES string of the molecule is c1ncc(SCCc2nn[nH]n2)s1. The zero-order valence-electron chi connectivity index (χ0n) is 6.67. The topological polar surface area (TPSA) is 67.3 Å². The molecule has 0 atom stereocenters. The molecule has 0 amide bonds. The molecule has 0 saturated carbocycles. The Morgan fingerprint density at radius 1 is 1.54 bits per heavy atom. The molecule has 2 aromatic rings. The summed E-state index contributed by atoms with van der Waals surface area (Å²) in [7, 11) is 0. The fourth-order valence-electron chi connectivity index (χ4n) is 0.807. The Kier molecular flexibility index (Phi) is 2.88. The van der Waals surface area contributed by atoms with E-state index in [1.165, 1.54) is 4.21 Å². The van der Waals surface area contributed by atoms with Gasteiger partial charge < -0.3 is 0 Å². The normalized spacial score (nSPS) is 10.5. The lowest BCUT2D eigenvalue weighted by Crippen LogP contribution is -1.90. The highest BCUT2D eigenvalue weighted by molar-refractivity contribution is 8.01. The average molecular weight is 213 g/mol. The summed E-state index contributed by atoms with van der Waals surface area (Å²) in [6, 6.07) is 0. The van der Waals surface area contributed by atoms with Crippen molar-refractivity contribution in [2.24, 2.45) is 0 Å². The molecule has 0 spiro atoms. The lowest BCUT2D eigenvalue weighted by atomic mass is 10.5.